The number of benzene rings is 4. The van der Waals surface area contributed by atoms with E-state index in [2.05, 4.69) is 183 Å². The molecule has 11 nitrogen and oxygen atoms in total. The summed E-state index contributed by atoms with van der Waals surface area (Å²) in [7, 11) is -21.1. The molecule has 408 valence electrons. The summed E-state index contributed by atoms with van der Waals surface area (Å²) in [5, 5.41) is 2.02. The largest absolute Gasteiger partial charge is 0.507 e. The van der Waals surface area contributed by atoms with Crippen LogP contribution in [0.15, 0.2) is 109 Å². The van der Waals surface area contributed by atoms with Crippen molar-refractivity contribution in [1.29, 1.82) is 0 Å². The van der Waals surface area contributed by atoms with Crippen LogP contribution in [-0.4, -0.2) is 110 Å². The molecule has 0 aromatic heterocycles. The first kappa shape index (κ1) is 63.8. The molecule has 4 rings (SSSR count). The van der Waals surface area contributed by atoms with E-state index < -0.39 is 76.3 Å². The Hall–Kier alpha value is -1.77. The Morgan fingerprint density at radius 3 is 1.18 bits per heavy atom. The number of hydrogen-bond acceptors (Lipinski definition) is 11. The fourth-order valence-corrected chi connectivity index (χ4v) is 42.7. The van der Waals surface area contributed by atoms with Crippen LogP contribution in [0, 0.1) is 0 Å². The lowest BCUT2D eigenvalue weighted by Crippen LogP contribution is -2.69. The van der Waals surface area contributed by atoms with Gasteiger partial charge in [0.1, 0.15) is 12.4 Å². The lowest BCUT2D eigenvalue weighted by Gasteiger charge is -2.44. The molecule has 0 N–H and O–H groups in total. The molecule has 0 radical (unpaired) electrons. The van der Waals surface area contributed by atoms with E-state index >= 15 is 0 Å². The van der Waals surface area contributed by atoms with Gasteiger partial charge >= 0.3 is 34.7 Å². The van der Waals surface area contributed by atoms with E-state index in [1.54, 1.807) is 0 Å². The van der Waals surface area contributed by atoms with Crippen LogP contribution in [0.1, 0.15) is 30.5 Å². The van der Waals surface area contributed by atoms with Crippen LogP contribution >= 0.6 is 0 Å². The van der Waals surface area contributed by atoms with E-state index in [1.165, 1.54) is 11.1 Å². The van der Waals surface area contributed by atoms with Crippen LogP contribution in [0.5, 0.6) is 5.75 Å². The molecule has 0 aliphatic rings. The third-order valence-corrected chi connectivity index (χ3v) is 43.2. The Kier molecular flexibility index (Phi) is 24.2. The second-order valence-electron chi connectivity index (χ2n) is 23.3. The minimum absolute atomic E-state index is 0.465. The van der Waals surface area contributed by atoms with Crippen molar-refractivity contribution in [2.24, 2.45) is 0 Å². The van der Waals surface area contributed by atoms with E-state index in [0.717, 1.165) is 58.7 Å². The molecular weight excluding hydrogens is 1070 g/mol. The first-order valence-corrected chi connectivity index (χ1v) is 51.4. The summed E-state index contributed by atoms with van der Waals surface area (Å²) in [6.07, 6.45) is 1.78. The topological polar surface area (TPSA) is 102 Å². The van der Waals surface area contributed by atoms with Crippen molar-refractivity contribution in [3.05, 3.63) is 126 Å². The van der Waals surface area contributed by atoms with Crippen LogP contribution in [0.25, 0.3) is 0 Å². The Bertz CT molecular complexity index is 2210. The first-order chi connectivity index (χ1) is 33.9. The van der Waals surface area contributed by atoms with Gasteiger partial charge in [0.25, 0.3) is 0 Å². The minimum atomic E-state index is -3.46. The van der Waals surface area contributed by atoms with Crippen molar-refractivity contribution in [1.82, 2.24) is 0 Å². The monoisotopic (exact) mass is 1160 g/mol. The number of ether oxygens (including phenoxy) is 2. The van der Waals surface area contributed by atoms with E-state index in [-0.39, 0.29) is 0 Å². The molecule has 0 aliphatic carbocycles. The highest BCUT2D eigenvalue weighted by Crippen LogP contribution is 2.33. The zero-order valence-electron chi connectivity index (χ0n) is 48.2. The summed E-state index contributed by atoms with van der Waals surface area (Å²) in [5.74, 6) is 0.828. The molecule has 20 heteroatoms. The summed E-state index contributed by atoms with van der Waals surface area (Å²) < 4.78 is 74.2. The molecule has 0 fully saturated rings. The van der Waals surface area contributed by atoms with Gasteiger partial charge in [-0.05, 0) is 178 Å². The highest BCUT2D eigenvalue weighted by molar-refractivity contribution is 6.96. The molecule has 0 saturated heterocycles. The first-order valence-electron chi connectivity index (χ1n) is 26.5. The van der Waals surface area contributed by atoms with Crippen molar-refractivity contribution in [2.75, 3.05) is 33.5 Å². The SMILES string of the molecule is CCO[Si](C)(C)O[Si](O[Si](C)(C)C)(O[Si](C)(C)CCc1ccc(COCCOc2ccc(CC[Si](C)(C)O[Si](O[Si](C)(C)CC[Si](C)(C)OC)(O[Si](C)(C)OCC)c3ccccc3)cc2)cc1)c1ccccc1. The van der Waals surface area contributed by atoms with Crippen LogP contribution in [0.3, 0.4) is 0 Å². The number of rotatable bonds is 34. The van der Waals surface area contributed by atoms with Gasteiger partial charge in [0, 0.05) is 30.7 Å². The molecule has 4 aromatic rings. The lowest BCUT2D eigenvalue weighted by atomic mass is 10.1. The smallest absolute Gasteiger partial charge is 0.491 e. The summed E-state index contributed by atoms with van der Waals surface area (Å²) in [4.78, 5) is 0. The maximum absolute atomic E-state index is 7.48. The van der Waals surface area contributed by atoms with Gasteiger partial charge in [-0.25, -0.2) is 0 Å². The lowest BCUT2D eigenvalue weighted by molar-refractivity contribution is 0.0889. The standard InChI is InChI=1S/C53H94O11Si9/c1-19-57-70(15,16)63-72(59-65(4,5)6,52-27-23-21-24-28-52)60-67(9,10)43-39-48-31-33-50(34-32-48)47-55-41-42-56-51-37-35-49(36-38-51)40-44-68(11,12)61-73(53-29-25-22-26-30-53,64-71(17,18)58-20-2)62-69(13,14)46-45-66(7,8)54-3/h21-38H,19-20,39-47H2,1-18H3. The van der Waals surface area contributed by atoms with Gasteiger partial charge < -0.3 is 47.4 Å². The van der Waals surface area contributed by atoms with Gasteiger partial charge in [-0.15, -0.1) is 0 Å². The quantitative estimate of drug-likeness (QED) is 0.0330. The Balaban J connectivity index is 1.31. The van der Waals surface area contributed by atoms with E-state index in [4.69, 9.17) is 47.4 Å². The maximum atomic E-state index is 7.48. The molecule has 0 saturated carbocycles. The predicted molar refractivity (Wildman–Crippen MR) is 323 cm³/mol. The van der Waals surface area contributed by atoms with Crippen molar-refractivity contribution < 1.29 is 47.4 Å². The van der Waals surface area contributed by atoms with Crippen molar-refractivity contribution >= 4 is 86.7 Å². The molecule has 73 heavy (non-hydrogen) atoms. The van der Waals surface area contributed by atoms with Gasteiger partial charge in [0.05, 0.1) is 13.2 Å². The van der Waals surface area contributed by atoms with Crippen LogP contribution in [0.2, 0.25) is 122 Å². The normalized spacial score (nSPS) is 15.0. The Morgan fingerprint density at radius 2 is 0.767 bits per heavy atom. The van der Waals surface area contributed by atoms with E-state index in [0.29, 0.717) is 33.0 Å². The van der Waals surface area contributed by atoms with Crippen molar-refractivity contribution in [3.63, 3.8) is 0 Å². The number of aryl methyl sites for hydroxylation is 2. The Morgan fingerprint density at radius 1 is 0.384 bits per heavy atom. The zero-order chi connectivity index (χ0) is 54.2. The molecule has 4 aromatic carbocycles. The fourth-order valence-electron chi connectivity index (χ4n) is 8.37. The summed E-state index contributed by atoms with van der Waals surface area (Å²) >= 11 is 0. The average molecular weight is 1160 g/mol. The van der Waals surface area contributed by atoms with Gasteiger partial charge in [-0.2, -0.15) is 0 Å². The van der Waals surface area contributed by atoms with Crippen LogP contribution < -0.4 is 15.1 Å². The van der Waals surface area contributed by atoms with Crippen LogP contribution in [0.4, 0.5) is 0 Å². The highest BCUT2D eigenvalue weighted by Gasteiger charge is 2.56. The molecular formula is C53H94O11Si9. The minimum Gasteiger partial charge on any atom is -0.491 e. The second kappa shape index (κ2) is 27.7. The van der Waals surface area contributed by atoms with E-state index in [1.807, 2.05) is 45.2 Å². The summed E-state index contributed by atoms with van der Waals surface area (Å²) in [6, 6.07) is 41.8. The predicted octanol–water partition coefficient (Wildman–Crippen LogP) is 12.9. The molecule has 0 heterocycles. The van der Waals surface area contributed by atoms with Gasteiger partial charge in [-0.1, -0.05) is 97.1 Å². The van der Waals surface area contributed by atoms with Gasteiger partial charge in [0.15, 0.2) is 41.6 Å². The maximum Gasteiger partial charge on any atom is 0.507 e. The molecule has 0 spiro atoms. The van der Waals surface area contributed by atoms with Crippen molar-refractivity contribution in [3.8, 4) is 5.75 Å². The average Bonchev–Trinajstić information content (AvgIpc) is 3.29. The van der Waals surface area contributed by atoms with E-state index in [9.17, 15) is 0 Å². The fraction of sp³-hybridized carbons (Fsp3) is 0.547. The van der Waals surface area contributed by atoms with Crippen molar-refractivity contribution in [2.45, 2.75) is 156 Å². The summed E-state index contributed by atoms with van der Waals surface area (Å²) in [6.45, 7) is 40.0. The molecule has 0 bridgehead atoms. The number of hydrogen-bond donors (Lipinski definition) is 0. The van der Waals surface area contributed by atoms with Crippen LogP contribution in [-0.2, 0) is 62.2 Å². The molecule has 2 unspecified atom stereocenters. The second-order valence-corrected chi connectivity index (χ2v) is 58.5. The third kappa shape index (κ3) is 22.6. The zero-order valence-corrected chi connectivity index (χ0v) is 57.2. The molecule has 2 atom stereocenters. The Labute approximate surface area is 452 Å². The van der Waals surface area contributed by atoms with Gasteiger partial charge in [-0.3, -0.25) is 0 Å². The third-order valence-electron chi connectivity index (χ3n) is 12.3. The molecule has 0 aliphatic heterocycles. The highest BCUT2D eigenvalue weighted by atomic mass is 28.5. The molecule has 0 amide bonds. The van der Waals surface area contributed by atoms with Gasteiger partial charge in [0.2, 0.25) is 0 Å². The summed E-state index contributed by atoms with van der Waals surface area (Å²) in [5.41, 5.74) is 3.64.